The van der Waals surface area contributed by atoms with Gasteiger partial charge in [0.2, 0.25) is 5.91 Å². The molecule has 4 aliphatic rings. The molecule has 0 radical (unpaired) electrons. The van der Waals surface area contributed by atoms with E-state index in [0.717, 1.165) is 30.6 Å². The Kier molecular flexibility index (Phi) is 7.55. The number of hydrogen-bond donors (Lipinski definition) is 1. The summed E-state index contributed by atoms with van der Waals surface area (Å²) >= 11 is 0. The average molecular weight is 635 g/mol. The summed E-state index contributed by atoms with van der Waals surface area (Å²) in [5, 5.41) is 12.9. The van der Waals surface area contributed by atoms with Gasteiger partial charge in [-0.15, -0.1) is 13.2 Å². The first kappa shape index (κ1) is 30.6. The zero-order valence-electron chi connectivity index (χ0n) is 25.8. The van der Waals surface area contributed by atoms with Crippen molar-refractivity contribution in [2.24, 2.45) is 0 Å². The maximum Gasteiger partial charge on any atom is 0.573 e. The Balaban J connectivity index is 1.18. The molecule has 0 unspecified atom stereocenters. The van der Waals surface area contributed by atoms with Crippen LogP contribution in [0.25, 0.3) is 6.08 Å². The smallest absolute Gasteiger partial charge is 0.493 e. The normalized spacial score (nSPS) is 28.0. The van der Waals surface area contributed by atoms with Crippen molar-refractivity contribution in [3.63, 3.8) is 0 Å². The molecule has 1 saturated carbocycles. The summed E-state index contributed by atoms with van der Waals surface area (Å²) in [7, 11) is 3.33. The van der Waals surface area contributed by atoms with Crippen LogP contribution in [0.3, 0.4) is 0 Å². The molecule has 10 heteroatoms. The molecule has 2 heterocycles. The first-order valence-corrected chi connectivity index (χ1v) is 15.7. The number of likely N-dealkylation sites (N-methyl/N-ethyl adjacent to an activating group) is 1. The van der Waals surface area contributed by atoms with Crippen LogP contribution in [0.4, 0.5) is 13.2 Å². The van der Waals surface area contributed by atoms with E-state index in [1.807, 2.05) is 24.3 Å². The van der Waals surface area contributed by atoms with Gasteiger partial charge in [-0.05, 0) is 79.6 Å². The van der Waals surface area contributed by atoms with Gasteiger partial charge >= 0.3 is 6.36 Å². The van der Waals surface area contributed by atoms with Crippen molar-refractivity contribution in [2.45, 2.75) is 67.7 Å². The van der Waals surface area contributed by atoms with Crippen molar-refractivity contribution in [2.75, 3.05) is 27.2 Å². The van der Waals surface area contributed by atoms with Crippen LogP contribution in [0.15, 0.2) is 72.8 Å². The number of amides is 1. The first-order chi connectivity index (χ1) is 22.0. The van der Waals surface area contributed by atoms with E-state index in [2.05, 4.69) is 27.8 Å². The molecule has 46 heavy (non-hydrogen) atoms. The zero-order valence-corrected chi connectivity index (χ0v) is 25.8. The van der Waals surface area contributed by atoms with E-state index in [-0.39, 0.29) is 23.7 Å². The van der Waals surface area contributed by atoms with Gasteiger partial charge in [-0.2, -0.15) is 0 Å². The van der Waals surface area contributed by atoms with Crippen LogP contribution in [0, 0.1) is 0 Å². The Morgan fingerprint density at radius 1 is 1.13 bits per heavy atom. The van der Waals surface area contributed by atoms with Gasteiger partial charge in [0.05, 0.1) is 24.2 Å². The van der Waals surface area contributed by atoms with Gasteiger partial charge in [0.15, 0.2) is 11.5 Å². The molecule has 3 aromatic rings. The van der Waals surface area contributed by atoms with E-state index < -0.39 is 23.5 Å². The second-order valence-corrected chi connectivity index (χ2v) is 12.8. The lowest BCUT2D eigenvalue weighted by atomic mass is 9.48. The second-order valence-electron chi connectivity index (χ2n) is 12.8. The van der Waals surface area contributed by atoms with E-state index in [1.165, 1.54) is 35.9 Å². The van der Waals surface area contributed by atoms with Gasteiger partial charge in [0, 0.05) is 31.3 Å². The lowest BCUT2D eigenvalue weighted by Crippen LogP contribution is -2.78. The number of likely N-dealkylation sites (tertiary alicyclic amines) is 1. The maximum atomic E-state index is 13.6. The monoisotopic (exact) mass is 634 g/mol. The Hall–Kier alpha value is -4.02. The molecule has 2 aliphatic carbocycles. The zero-order chi connectivity index (χ0) is 32.3. The third-order valence-electron chi connectivity index (χ3n) is 10.6. The Morgan fingerprint density at radius 2 is 1.93 bits per heavy atom. The number of methoxy groups -OCH3 is 1. The van der Waals surface area contributed by atoms with E-state index in [9.17, 15) is 23.1 Å². The van der Waals surface area contributed by atoms with Crippen molar-refractivity contribution < 1.29 is 37.3 Å². The summed E-state index contributed by atoms with van der Waals surface area (Å²) in [6, 6.07) is 19.4. The van der Waals surface area contributed by atoms with Crippen LogP contribution in [0.1, 0.15) is 41.5 Å². The highest BCUT2D eigenvalue weighted by Crippen LogP contribution is 2.66. The molecule has 242 valence electrons. The first-order valence-electron chi connectivity index (χ1n) is 15.7. The Labute approximate surface area is 266 Å². The molecule has 2 aliphatic heterocycles. The summed E-state index contributed by atoms with van der Waals surface area (Å²) < 4.78 is 54.7. The van der Waals surface area contributed by atoms with Gasteiger partial charge in [-0.3, -0.25) is 9.69 Å². The molecule has 1 spiro atoms. The minimum Gasteiger partial charge on any atom is -0.493 e. The fraction of sp³-hybridized carbons (Fsp3) is 0.417. The van der Waals surface area contributed by atoms with Crippen LogP contribution in [0.5, 0.6) is 17.2 Å². The highest BCUT2D eigenvalue weighted by molar-refractivity contribution is 5.92. The quantitative estimate of drug-likeness (QED) is 0.329. The SMILES string of the molecule is COc1ccc2c3c1O[C@H]1[C@H](N(C)C(=O)C=Cc4cccc(OC(F)(F)F)c4)CC[C@@]4(O)[C@@H](C2)N(CCc2ccccc2)CC[C@]314. The Bertz CT molecular complexity index is 1660. The summed E-state index contributed by atoms with van der Waals surface area (Å²) in [4.78, 5) is 17.7. The van der Waals surface area contributed by atoms with Gasteiger partial charge in [-0.1, -0.05) is 48.5 Å². The number of ether oxygens (including phenoxy) is 3. The van der Waals surface area contributed by atoms with Crippen LogP contribution < -0.4 is 14.2 Å². The average Bonchev–Trinajstić information content (AvgIpc) is 3.38. The van der Waals surface area contributed by atoms with E-state index in [1.54, 1.807) is 25.1 Å². The summed E-state index contributed by atoms with van der Waals surface area (Å²) in [5.41, 5.74) is 2.04. The third-order valence-corrected chi connectivity index (χ3v) is 10.6. The third kappa shape index (κ3) is 4.93. The van der Waals surface area contributed by atoms with Crippen molar-refractivity contribution in [3.05, 3.63) is 95.1 Å². The second kappa shape index (κ2) is 11.3. The molecule has 0 aromatic heterocycles. The molecule has 2 fully saturated rings. The number of aliphatic hydroxyl groups is 1. The van der Waals surface area contributed by atoms with Crippen LogP contribution in [0.2, 0.25) is 0 Å². The van der Waals surface area contributed by atoms with E-state index in [0.29, 0.717) is 42.7 Å². The largest absolute Gasteiger partial charge is 0.573 e. The molecule has 3 aromatic carbocycles. The molecular formula is C36H37F3N2O5. The van der Waals surface area contributed by atoms with Gasteiger partial charge < -0.3 is 24.2 Å². The lowest BCUT2D eigenvalue weighted by molar-refractivity contribution is -0.274. The van der Waals surface area contributed by atoms with Crippen LogP contribution >= 0.6 is 0 Å². The molecule has 1 amide bonds. The summed E-state index contributed by atoms with van der Waals surface area (Å²) in [6.07, 6.45) is 0.822. The summed E-state index contributed by atoms with van der Waals surface area (Å²) in [6.45, 7) is 1.62. The highest BCUT2D eigenvalue weighted by Gasteiger charge is 2.73. The van der Waals surface area contributed by atoms with Gasteiger partial charge in [0.25, 0.3) is 0 Å². The topological polar surface area (TPSA) is 71.5 Å². The van der Waals surface area contributed by atoms with E-state index in [4.69, 9.17) is 9.47 Å². The van der Waals surface area contributed by atoms with Crippen LogP contribution in [-0.2, 0) is 23.1 Å². The van der Waals surface area contributed by atoms with Crippen LogP contribution in [-0.4, -0.2) is 78.2 Å². The predicted molar refractivity (Wildman–Crippen MR) is 166 cm³/mol. The number of halogens is 3. The minimum atomic E-state index is -4.81. The fourth-order valence-corrected chi connectivity index (χ4v) is 8.60. The number of piperidine rings is 1. The van der Waals surface area contributed by atoms with E-state index >= 15 is 0 Å². The number of carbonyl (C=O) groups excluding carboxylic acids is 1. The molecule has 7 nitrogen and oxygen atoms in total. The molecule has 5 atom stereocenters. The molecule has 2 bridgehead atoms. The molecule has 1 N–H and O–H groups in total. The van der Waals surface area contributed by atoms with Gasteiger partial charge in [0.1, 0.15) is 11.9 Å². The number of hydrogen-bond acceptors (Lipinski definition) is 6. The highest BCUT2D eigenvalue weighted by atomic mass is 19.4. The Morgan fingerprint density at radius 3 is 2.70 bits per heavy atom. The number of alkyl halides is 3. The summed E-state index contributed by atoms with van der Waals surface area (Å²) in [5.74, 6) is 0.603. The van der Waals surface area contributed by atoms with Crippen molar-refractivity contribution >= 4 is 12.0 Å². The molecule has 7 rings (SSSR count). The maximum absolute atomic E-state index is 13.6. The predicted octanol–water partition coefficient (Wildman–Crippen LogP) is 5.53. The number of rotatable bonds is 8. The number of benzene rings is 3. The number of nitrogens with zero attached hydrogens (tertiary/aromatic N) is 2. The standard InChI is InChI=1S/C36H37F3N2O5/c1-40(30(42)14-11-24-9-6-10-26(21-24)46-36(37,38)39)27-15-17-35(43)29-22-25-12-13-28(44-2)32-31(25)34(35,33(27)45-32)18-20-41(29)19-16-23-7-4-3-5-8-23/h3-14,21,27,29,33,43H,15-20,22H2,1-2H3/t27-,29-,33+,34+,35-/m1/s1. The van der Waals surface area contributed by atoms with Crippen molar-refractivity contribution in [1.82, 2.24) is 9.80 Å². The lowest BCUT2D eigenvalue weighted by Gasteiger charge is -2.64. The molecule has 1 saturated heterocycles. The molecular weight excluding hydrogens is 597 g/mol. The van der Waals surface area contributed by atoms with Crippen molar-refractivity contribution in [3.8, 4) is 17.2 Å². The van der Waals surface area contributed by atoms with Crippen molar-refractivity contribution in [1.29, 1.82) is 0 Å². The fourth-order valence-electron chi connectivity index (χ4n) is 8.60. The number of carbonyl (C=O) groups is 1. The minimum absolute atomic E-state index is 0.101. The van der Waals surface area contributed by atoms with Gasteiger partial charge in [-0.25, -0.2) is 0 Å².